The number of benzene rings is 9. The Labute approximate surface area is 348 Å². The molecule has 0 unspecified atom stereocenters. The van der Waals surface area contributed by atoms with Crippen LogP contribution < -0.4 is 0 Å². The summed E-state index contributed by atoms with van der Waals surface area (Å²) in [6, 6.07) is 70.8. The maximum Gasteiger partial charge on any atom is 0.159 e. The largest absolute Gasteiger partial charge is 0.309 e. The standard InChI is InChI=1S/C57H39N3/c1-57(2)51-21-9-8-18-47(51)48-27-24-39(35-52(48)57)38-25-29-54-50(34-38)49-20-11-19-46(40-15-10-16-42(32-40)56-58-31-30-53(59-56)37-13-4-3-5-14-37)55(49)60(54)43-26-28-45-41(33-43)23-22-36-12-6-7-17-44(36)45/h3-35H,1-2H3. The molecule has 0 atom stereocenters. The molecule has 0 N–H and O–H groups in total. The zero-order chi connectivity index (χ0) is 40.0. The molecular formula is C57H39N3. The van der Waals surface area contributed by atoms with Crippen LogP contribution in [-0.4, -0.2) is 14.5 Å². The smallest absolute Gasteiger partial charge is 0.159 e. The molecule has 0 saturated heterocycles. The first-order chi connectivity index (χ1) is 29.5. The minimum atomic E-state index is -0.0686. The number of aromatic nitrogens is 3. The highest BCUT2D eigenvalue weighted by atomic mass is 15.0. The second-order valence-electron chi connectivity index (χ2n) is 16.6. The van der Waals surface area contributed by atoms with Gasteiger partial charge in [-0.05, 0) is 103 Å². The van der Waals surface area contributed by atoms with Gasteiger partial charge in [-0.2, -0.15) is 0 Å². The minimum Gasteiger partial charge on any atom is -0.309 e. The van der Waals surface area contributed by atoms with Crippen molar-refractivity contribution in [3.05, 3.63) is 211 Å². The Morgan fingerprint density at radius 3 is 2.05 bits per heavy atom. The summed E-state index contributed by atoms with van der Waals surface area (Å²) >= 11 is 0. The van der Waals surface area contributed by atoms with Crippen LogP contribution in [0, 0.1) is 0 Å². The zero-order valence-corrected chi connectivity index (χ0v) is 33.4. The van der Waals surface area contributed by atoms with E-state index in [1.165, 1.54) is 76.7 Å². The van der Waals surface area contributed by atoms with Gasteiger partial charge in [0.2, 0.25) is 0 Å². The van der Waals surface area contributed by atoms with Crippen molar-refractivity contribution in [3.63, 3.8) is 0 Å². The van der Waals surface area contributed by atoms with E-state index >= 15 is 0 Å². The molecule has 12 rings (SSSR count). The van der Waals surface area contributed by atoms with Crippen molar-refractivity contribution in [2.45, 2.75) is 19.3 Å². The Balaban J connectivity index is 1.06. The third kappa shape index (κ3) is 5.29. The molecule has 11 aromatic rings. The average molecular weight is 766 g/mol. The summed E-state index contributed by atoms with van der Waals surface area (Å²) in [6.45, 7) is 4.71. The van der Waals surface area contributed by atoms with Gasteiger partial charge in [-0.15, -0.1) is 0 Å². The van der Waals surface area contributed by atoms with Crippen LogP contribution in [0.4, 0.5) is 0 Å². The predicted molar refractivity (Wildman–Crippen MR) is 251 cm³/mol. The number of nitrogens with zero attached hydrogens (tertiary/aromatic N) is 3. The van der Waals surface area contributed by atoms with Crippen LogP contribution in [-0.2, 0) is 5.41 Å². The fourth-order valence-corrected chi connectivity index (χ4v) is 9.87. The van der Waals surface area contributed by atoms with Gasteiger partial charge in [0.15, 0.2) is 5.82 Å². The first kappa shape index (κ1) is 34.4. The van der Waals surface area contributed by atoms with Crippen LogP contribution in [0.15, 0.2) is 200 Å². The third-order valence-electron chi connectivity index (χ3n) is 12.8. The van der Waals surface area contributed by atoms with E-state index in [1.807, 2.05) is 30.5 Å². The van der Waals surface area contributed by atoms with Crippen molar-refractivity contribution in [1.29, 1.82) is 0 Å². The van der Waals surface area contributed by atoms with Crippen LogP contribution in [0.25, 0.3) is 105 Å². The van der Waals surface area contributed by atoms with E-state index in [1.54, 1.807) is 0 Å². The second kappa shape index (κ2) is 13.2. The Morgan fingerprint density at radius 2 is 1.12 bits per heavy atom. The number of rotatable bonds is 5. The van der Waals surface area contributed by atoms with E-state index in [2.05, 4.69) is 188 Å². The Bertz CT molecular complexity index is 3520. The van der Waals surface area contributed by atoms with Gasteiger partial charge in [-0.3, -0.25) is 0 Å². The molecule has 2 heterocycles. The summed E-state index contributed by atoms with van der Waals surface area (Å²) < 4.78 is 2.47. The van der Waals surface area contributed by atoms with Gasteiger partial charge >= 0.3 is 0 Å². The van der Waals surface area contributed by atoms with Crippen molar-refractivity contribution in [2.24, 2.45) is 0 Å². The maximum atomic E-state index is 5.03. The fraction of sp³-hybridized carbons (Fsp3) is 0.0526. The molecule has 0 saturated carbocycles. The zero-order valence-electron chi connectivity index (χ0n) is 33.4. The van der Waals surface area contributed by atoms with Gasteiger partial charge in [0.25, 0.3) is 0 Å². The van der Waals surface area contributed by atoms with E-state index in [-0.39, 0.29) is 5.41 Å². The van der Waals surface area contributed by atoms with E-state index < -0.39 is 0 Å². The molecule has 60 heavy (non-hydrogen) atoms. The Hall–Kier alpha value is -7.62. The van der Waals surface area contributed by atoms with E-state index in [0.717, 1.165) is 33.6 Å². The molecule has 0 bridgehead atoms. The van der Waals surface area contributed by atoms with Gasteiger partial charge in [0.05, 0.1) is 16.7 Å². The van der Waals surface area contributed by atoms with Crippen molar-refractivity contribution in [3.8, 4) is 61.7 Å². The summed E-state index contributed by atoms with van der Waals surface area (Å²) in [5, 5.41) is 7.43. The summed E-state index contributed by atoms with van der Waals surface area (Å²) in [5.41, 5.74) is 16.5. The molecule has 1 aliphatic carbocycles. The normalized spacial score (nSPS) is 13.0. The van der Waals surface area contributed by atoms with Gasteiger partial charge in [0, 0.05) is 44.8 Å². The maximum absolute atomic E-state index is 5.03. The van der Waals surface area contributed by atoms with Crippen LogP contribution >= 0.6 is 0 Å². The van der Waals surface area contributed by atoms with Gasteiger partial charge < -0.3 is 4.57 Å². The SMILES string of the molecule is CC1(C)c2ccccc2-c2ccc(-c3ccc4c(c3)c3cccc(-c5cccc(-c6nccc(-c7ccccc7)n6)c5)c3n4-c3ccc4c(ccc5ccccc54)c3)cc21. The summed E-state index contributed by atoms with van der Waals surface area (Å²) in [7, 11) is 0. The molecule has 2 aromatic heterocycles. The summed E-state index contributed by atoms with van der Waals surface area (Å²) in [5.74, 6) is 0.706. The fourth-order valence-electron chi connectivity index (χ4n) is 9.87. The predicted octanol–water partition coefficient (Wildman–Crippen LogP) is 14.9. The molecule has 0 spiro atoms. The highest BCUT2D eigenvalue weighted by Crippen LogP contribution is 2.50. The summed E-state index contributed by atoms with van der Waals surface area (Å²) in [6.07, 6.45) is 1.86. The van der Waals surface area contributed by atoms with Gasteiger partial charge in [-0.1, -0.05) is 166 Å². The molecule has 0 amide bonds. The lowest BCUT2D eigenvalue weighted by Gasteiger charge is -2.22. The van der Waals surface area contributed by atoms with Crippen molar-refractivity contribution < 1.29 is 0 Å². The first-order valence-corrected chi connectivity index (χ1v) is 20.7. The Kier molecular flexibility index (Phi) is 7.58. The van der Waals surface area contributed by atoms with Crippen molar-refractivity contribution in [1.82, 2.24) is 14.5 Å². The number of hydrogen-bond acceptors (Lipinski definition) is 2. The lowest BCUT2D eigenvalue weighted by molar-refractivity contribution is 0.660. The minimum absolute atomic E-state index is 0.0686. The van der Waals surface area contributed by atoms with Crippen LogP contribution in [0.1, 0.15) is 25.0 Å². The molecule has 9 aromatic carbocycles. The first-order valence-electron chi connectivity index (χ1n) is 20.7. The second-order valence-corrected chi connectivity index (χ2v) is 16.6. The lowest BCUT2D eigenvalue weighted by Crippen LogP contribution is -2.14. The number of hydrogen-bond donors (Lipinski definition) is 0. The van der Waals surface area contributed by atoms with Crippen LogP contribution in [0.5, 0.6) is 0 Å². The van der Waals surface area contributed by atoms with Crippen molar-refractivity contribution in [2.75, 3.05) is 0 Å². The van der Waals surface area contributed by atoms with E-state index in [9.17, 15) is 0 Å². The van der Waals surface area contributed by atoms with Crippen LogP contribution in [0.2, 0.25) is 0 Å². The van der Waals surface area contributed by atoms with Gasteiger partial charge in [-0.25, -0.2) is 9.97 Å². The number of para-hydroxylation sites is 1. The average Bonchev–Trinajstić information content (AvgIpc) is 3.77. The quantitative estimate of drug-likeness (QED) is 0.163. The molecule has 282 valence electrons. The summed E-state index contributed by atoms with van der Waals surface area (Å²) in [4.78, 5) is 9.77. The highest BCUT2D eigenvalue weighted by Gasteiger charge is 2.35. The molecule has 1 aliphatic rings. The molecule has 3 nitrogen and oxygen atoms in total. The molecule has 0 fully saturated rings. The van der Waals surface area contributed by atoms with E-state index in [0.29, 0.717) is 5.82 Å². The topological polar surface area (TPSA) is 30.7 Å². The number of fused-ring (bicyclic) bond motifs is 9. The molecule has 3 heteroatoms. The Morgan fingerprint density at radius 1 is 0.417 bits per heavy atom. The van der Waals surface area contributed by atoms with Crippen LogP contribution in [0.3, 0.4) is 0 Å². The molecule has 0 radical (unpaired) electrons. The molecule has 0 aliphatic heterocycles. The molecular weight excluding hydrogens is 727 g/mol. The van der Waals surface area contributed by atoms with Crippen molar-refractivity contribution >= 4 is 43.4 Å². The monoisotopic (exact) mass is 765 g/mol. The highest BCUT2D eigenvalue weighted by molar-refractivity contribution is 6.15. The lowest BCUT2D eigenvalue weighted by atomic mass is 9.81. The third-order valence-corrected chi connectivity index (χ3v) is 12.8. The van der Waals surface area contributed by atoms with Gasteiger partial charge in [0.1, 0.15) is 0 Å². The van der Waals surface area contributed by atoms with E-state index in [4.69, 9.17) is 9.97 Å².